The topological polar surface area (TPSA) is 24.1 Å². The van der Waals surface area contributed by atoms with Crippen molar-refractivity contribution < 1.29 is 0 Å². The van der Waals surface area contributed by atoms with Gasteiger partial charge in [-0.3, -0.25) is 0 Å². The van der Waals surface area contributed by atoms with Gasteiger partial charge in [-0.2, -0.15) is 0 Å². The molecule has 0 spiro atoms. The highest BCUT2D eigenvalue weighted by Gasteiger charge is 2.15. The minimum atomic E-state index is 0.880. The summed E-state index contributed by atoms with van der Waals surface area (Å²) in [6, 6.07) is 4.05. The summed E-state index contributed by atoms with van der Waals surface area (Å²) >= 11 is 7.49. The fourth-order valence-electron chi connectivity index (χ4n) is 1.52. The van der Waals surface area contributed by atoms with Crippen LogP contribution in [0.1, 0.15) is 11.3 Å². The fourth-order valence-corrected chi connectivity index (χ4v) is 2.57. The van der Waals surface area contributed by atoms with Crippen LogP contribution in [0.3, 0.4) is 0 Å². The number of thiophene rings is 1. The normalized spacial score (nSPS) is 16.9. The Morgan fingerprint density at radius 3 is 2.93 bits per heavy atom. The molecule has 0 radical (unpaired) electrons. The first-order valence-electron chi connectivity index (χ1n) is 5.00. The molecule has 78 valence electrons. The lowest BCUT2D eigenvalue weighted by atomic mass is 10.00. The van der Waals surface area contributed by atoms with Crippen molar-refractivity contribution in [3.05, 3.63) is 21.3 Å². The van der Waals surface area contributed by atoms with Gasteiger partial charge in [0.1, 0.15) is 0 Å². The van der Waals surface area contributed by atoms with Crippen molar-refractivity contribution >= 4 is 22.9 Å². The molecule has 4 heteroatoms. The van der Waals surface area contributed by atoms with Gasteiger partial charge in [-0.05, 0) is 44.1 Å². The second-order valence-corrected chi connectivity index (χ2v) is 5.50. The van der Waals surface area contributed by atoms with E-state index in [2.05, 4.69) is 16.7 Å². The summed E-state index contributed by atoms with van der Waals surface area (Å²) < 4.78 is 0.880. The Morgan fingerprint density at radius 2 is 2.36 bits per heavy atom. The van der Waals surface area contributed by atoms with E-state index in [1.165, 1.54) is 24.4 Å². The Labute approximate surface area is 93.7 Å². The van der Waals surface area contributed by atoms with Gasteiger partial charge < -0.3 is 10.6 Å². The maximum absolute atomic E-state index is 5.84. The van der Waals surface area contributed by atoms with Crippen molar-refractivity contribution in [1.82, 2.24) is 10.6 Å². The zero-order valence-electron chi connectivity index (χ0n) is 8.05. The second kappa shape index (κ2) is 5.12. The number of hydrogen-bond acceptors (Lipinski definition) is 3. The molecule has 1 aliphatic rings. The van der Waals surface area contributed by atoms with Gasteiger partial charge in [-0.25, -0.2) is 0 Å². The largest absolute Gasteiger partial charge is 0.316 e. The SMILES string of the molecule is Clc1ccc(CNCCC2CNC2)s1. The summed E-state index contributed by atoms with van der Waals surface area (Å²) in [7, 11) is 0. The summed E-state index contributed by atoms with van der Waals surface area (Å²) in [5.74, 6) is 0.898. The van der Waals surface area contributed by atoms with Gasteiger partial charge >= 0.3 is 0 Å². The molecular formula is C10H15ClN2S. The van der Waals surface area contributed by atoms with Crippen LogP contribution in [-0.2, 0) is 6.54 Å². The zero-order valence-corrected chi connectivity index (χ0v) is 9.63. The van der Waals surface area contributed by atoms with Gasteiger partial charge in [0.25, 0.3) is 0 Å². The number of halogens is 1. The van der Waals surface area contributed by atoms with Crippen LogP contribution in [0.15, 0.2) is 12.1 Å². The van der Waals surface area contributed by atoms with Crippen LogP contribution < -0.4 is 10.6 Å². The van der Waals surface area contributed by atoms with E-state index in [1.807, 2.05) is 6.07 Å². The summed E-state index contributed by atoms with van der Waals surface area (Å²) in [5.41, 5.74) is 0. The van der Waals surface area contributed by atoms with Crippen LogP contribution in [0.2, 0.25) is 4.34 Å². The van der Waals surface area contributed by atoms with Gasteiger partial charge in [-0.15, -0.1) is 11.3 Å². The van der Waals surface area contributed by atoms with Crippen LogP contribution in [0.25, 0.3) is 0 Å². The second-order valence-electron chi connectivity index (χ2n) is 3.70. The van der Waals surface area contributed by atoms with Crippen molar-refractivity contribution in [2.45, 2.75) is 13.0 Å². The third-order valence-electron chi connectivity index (χ3n) is 2.52. The van der Waals surface area contributed by atoms with Crippen molar-refractivity contribution in [1.29, 1.82) is 0 Å². The molecule has 0 unspecified atom stereocenters. The molecule has 1 aromatic rings. The van der Waals surface area contributed by atoms with Gasteiger partial charge in [0.15, 0.2) is 0 Å². The molecule has 0 saturated carbocycles. The van der Waals surface area contributed by atoms with Crippen LogP contribution in [-0.4, -0.2) is 19.6 Å². The maximum Gasteiger partial charge on any atom is 0.0931 e. The number of hydrogen-bond donors (Lipinski definition) is 2. The lowest BCUT2D eigenvalue weighted by Crippen LogP contribution is -2.43. The van der Waals surface area contributed by atoms with Crippen LogP contribution in [0, 0.1) is 5.92 Å². The van der Waals surface area contributed by atoms with E-state index in [0.29, 0.717) is 0 Å². The van der Waals surface area contributed by atoms with Crippen molar-refractivity contribution in [3.8, 4) is 0 Å². The number of nitrogens with one attached hydrogen (secondary N) is 2. The predicted octanol–water partition coefficient (Wildman–Crippen LogP) is 2.10. The quantitative estimate of drug-likeness (QED) is 0.758. The highest BCUT2D eigenvalue weighted by Crippen LogP contribution is 2.21. The highest BCUT2D eigenvalue weighted by atomic mass is 35.5. The first kappa shape index (κ1) is 10.4. The Bertz CT molecular complexity index is 283. The van der Waals surface area contributed by atoms with Gasteiger partial charge in [0.05, 0.1) is 4.34 Å². The molecule has 1 aliphatic heterocycles. The summed E-state index contributed by atoms with van der Waals surface area (Å²) in [4.78, 5) is 1.32. The monoisotopic (exact) mass is 230 g/mol. The molecule has 1 fully saturated rings. The molecule has 0 atom stereocenters. The van der Waals surface area contributed by atoms with E-state index >= 15 is 0 Å². The van der Waals surface area contributed by atoms with E-state index in [-0.39, 0.29) is 0 Å². The standard InChI is InChI=1S/C10H15ClN2S/c11-10-2-1-9(14-10)7-12-4-3-8-5-13-6-8/h1-2,8,12-13H,3-7H2. The molecule has 0 bridgehead atoms. The Morgan fingerprint density at radius 1 is 1.50 bits per heavy atom. The smallest absolute Gasteiger partial charge is 0.0931 e. The highest BCUT2D eigenvalue weighted by molar-refractivity contribution is 7.16. The Hall–Kier alpha value is -0.0900. The average Bonchev–Trinajstić information content (AvgIpc) is 2.48. The van der Waals surface area contributed by atoms with E-state index in [9.17, 15) is 0 Å². The van der Waals surface area contributed by atoms with Gasteiger partial charge in [0.2, 0.25) is 0 Å². The minimum absolute atomic E-state index is 0.880. The Balaban J connectivity index is 1.58. The Kier molecular flexibility index (Phi) is 3.81. The third kappa shape index (κ3) is 2.95. The third-order valence-corrected chi connectivity index (χ3v) is 3.75. The number of rotatable bonds is 5. The van der Waals surface area contributed by atoms with Crippen molar-refractivity contribution in [2.75, 3.05) is 19.6 Å². The van der Waals surface area contributed by atoms with Gasteiger partial charge in [-0.1, -0.05) is 11.6 Å². The molecular weight excluding hydrogens is 216 g/mol. The van der Waals surface area contributed by atoms with Gasteiger partial charge in [0, 0.05) is 11.4 Å². The van der Waals surface area contributed by atoms with Crippen molar-refractivity contribution in [2.24, 2.45) is 5.92 Å². The summed E-state index contributed by atoms with van der Waals surface area (Å²) in [6.45, 7) is 4.47. The fraction of sp³-hybridized carbons (Fsp3) is 0.600. The molecule has 2 rings (SSSR count). The van der Waals surface area contributed by atoms with E-state index in [0.717, 1.165) is 23.3 Å². The molecule has 1 saturated heterocycles. The molecule has 14 heavy (non-hydrogen) atoms. The lowest BCUT2D eigenvalue weighted by molar-refractivity contribution is 0.322. The average molecular weight is 231 g/mol. The molecule has 1 aromatic heterocycles. The molecule has 2 heterocycles. The minimum Gasteiger partial charge on any atom is -0.316 e. The van der Waals surface area contributed by atoms with E-state index < -0.39 is 0 Å². The maximum atomic E-state index is 5.84. The first-order valence-corrected chi connectivity index (χ1v) is 6.19. The summed E-state index contributed by atoms with van der Waals surface area (Å²) in [5, 5.41) is 6.72. The molecule has 0 aromatic carbocycles. The van der Waals surface area contributed by atoms with E-state index in [4.69, 9.17) is 11.6 Å². The van der Waals surface area contributed by atoms with Crippen LogP contribution in [0.4, 0.5) is 0 Å². The first-order chi connectivity index (χ1) is 6.84. The summed E-state index contributed by atoms with van der Waals surface area (Å²) in [6.07, 6.45) is 1.28. The molecule has 2 N–H and O–H groups in total. The zero-order chi connectivity index (χ0) is 9.80. The lowest BCUT2D eigenvalue weighted by Gasteiger charge is -2.26. The van der Waals surface area contributed by atoms with Crippen LogP contribution >= 0.6 is 22.9 Å². The van der Waals surface area contributed by atoms with Crippen molar-refractivity contribution in [3.63, 3.8) is 0 Å². The van der Waals surface area contributed by atoms with E-state index in [1.54, 1.807) is 11.3 Å². The van der Waals surface area contributed by atoms with Crippen LogP contribution in [0.5, 0.6) is 0 Å². The molecule has 0 aliphatic carbocycles. The predicted molar refractivity (Wildman–Crippen MR) is 62.0 cm³/mol. The molecule has 2 nitrogen and oxygen atoms in total. The molecule has 0 amide bonds.